The molecule has 0 aliphatic heterocycles. The fourth-order valence-electron chi connectivity index (χ4n) is 1.09. The molecule has 0 aromatic heterocycles. The molecule has 0 saturated heterocycles. The molecule has 0 aliphatic carbocycles. The van der Waals surface area contributed by atoms with E-state index in [1.54, 1.807) is 0 Å². The van der Waals surface area contributed by atoms with E-state index in [2.05, 4.69) is 5.29 Å². The second-order valence-electron chi connectivity index (χ2n) is 3.08. The van der Waals surface area contributed by atoms with E-state index in [9.17, 15) is 19.8 Å². The first-order chi connectivity index (χ1) is 7.54. The molecule has 16 heavy (non-hydrogen) atoms. The second-order valence-corrected chi connectivity index (χ2v) is 3.08. The lowest BCUT2D eigenvalue weighted by molar-refractivity contribution is -0.384. The molecule has 0 atom stereocenters. The minimum atomic E-state index is -0.523. The predicted molar refractivity (Wildman–Crippen MR) is 55.1 cm³/mol. The minimum absolute atomic E-state index is 0.0107. The number of amides is 1. The summed E-state index contributed by atoms with van der Waals surface area (Å²) in [6, 6.07) is 5.55. The van der Waals surface area contributed by atoms with Gasteiger partial charge < -0.3 is 0 Å². The maximum atomic E-state index is 10.9. The fraction of sp³-hybridized carbons (Fsp3) is 0.222. The molecule has 0 bridgehead atoms. The molecular formula is C9H9N3O4. The average molecular weight is 223 g/mol. The molecule has 0 unspecified atom stereocenters. The standard InChI is InChI=1S/C9H9N3O4/c1-7(13)11(10-14)6-8-2-4-9(5-3-8)12(15)16/h2-5H,6H2,1H3. The minimum Gasteiger partial charge on any atom is -0.273 e. The summed E-state index contributed by atoms with van der Waals surface area (Å²) >= 11 is 0. The first-order valence-electron chi connectivity index (χ1n) is 4.39. The smallest absolute Gasteiger partial charge is 0.269 e. The Hall–Kier alpha value is -2.31. The normalized spacial score (nSPS) is 9.56. The van der Waals surface area contributed by atoms with Crippen molar-refractivity contribution in [3.05, 3.63) is 44.9 Å². The van der Waals surface area contributed by atoms with Crippen molar-refractivity contribution in [2.24, 2.45) is 5.29 Å². The third-order valence-corrected chi connectivity index (χ3v) is 1.94. The number of non-ortho nitro benzene ring substituents is 1. The molecule has 1 amide bonds. The van der Waals surface area contributed by atoms with Crippen LogP contribution in [0.5, 0.6) is 0 Å². The van der Waals surface area contributed by atoms with E-state index in [4.69, 9.17) is 0 Å². The highest BCUT2D eigenvalue weighted by atomic mass is 16.6. The lowest BCUT2D eigenvalue weighted by atomic mass is 10.2. The van der Waals surface area contributed by atoms with Crippen LogP contribution in [0.2, 0.25) is 0 Å². The lowest BCUT2D eigenvalue weighted by Gasteiger charge is -2.09. The van der Waals surface area contributed by atoms with E-state index in [0.717, 1.165) is 5.01 Å². The molecule has 0 spiro atoms. The van der Waals surface area contributed by atoms with Crippen LogP contribution < -0.4 is 0 Å². The zero-order valence-electron chi connectivity index (χ0n) is 8.49. The molecule has 7 nitrogen and oxygen atoms in total. The Labute approximate surface area is 90.8 Å². The van der Waals surface area contributed by atoms with Crippen molar-refractivity contribution in [2.75, 3.05) is 0 Å². The van der Waals surface area contributed by atoms with Gasteiger partial charge in [0.1, 0.15) is 0 Å². The van der Waals surface area contributed by atoms with Gasteiger partial charge in [0.25, 0.3) is 5.69 Å². The van der Waals surface area contributed by atoms with Crippen molar-refractivity contribution in [3.63, 3.8) is 0 Å². The van der Waals surface area contributed by atoms with E-state index >= 15 is 0 Å². The summed E-state index contributed by atoms with van der Waals surface area (Å²) in [6.45, 7) is 1.23. The number of carbonyl (C=O) groups is 1. The molecule has 0 aliphatic rings. The molecule has 1 aromatic carbocycles. The van der Waals surface area contributed by atoms with Gasteiger partial charge in [0.15, 0.2) is 0 Å². The van der Waals surface area contributed by atoms with Crippen LogP contribution in [0, 0.1) is 15.0 Å². The molecule has 0 saturated carbocycles. The van der Waals surface area contributed by atoms with Crippen molar-refractivity contribution < 1.29 is 9.72 Å². The van der Waals surface area contributed by atoms with E-state index in [1.807, 2.05) is 0 Å². The third-order valence-electron chi connectivity index (χ3n) is 1.94. The van der Waals surface area contributed by atoms with Gasteiger partial charge in [-0.2, -0.15) is 5.01 Å². The molecule has 0 radical (unpaired) electrons. The van der Waals surface area contributed by atoms with E-state index in [0.29, 0.717) is 5.56 Å². The Kier molecular flexibility index (Phi) is 3.65. The lowest BCUT2D eigenvalue weighted by Crippen LogP contribution is -2.21. The molecule has 1 aromatic rings. The highest BCUT2D eigenvalue weighted by Gasteiger charge is 2.10. The fourth-order valence-corrected chi connectivity index (χ4v) is 1.09. The maximum Gasteiger partial charge on any atom is 0.269 e. The molecule has 1 rings (SSSR count). The number of rotatable bonds is 4. The Morgan fingerprint density at radius 2 is 2.00 bits per heavy atom. The number of hydrogen-bond acceptors (Lipinski definition) is 5. The summed E-state index contributed by atoms with van der Waals surface area (Å²) in [6.07, 6.45) is 0. The van der Waals surface area contributed by atoms with Crippen molar-refractivity contribution in [3.8, 4) is 0 Å². The largest absolute Gasteiger partial charge is 0.273 e. The van der Waals surface area contributed by atoms with E-state index in [1.165, 1.54) is 31.2 Å². The van der Waals surface area contributed by atoms with Crippen LogP contribution in [0.15, 0.2) is 29.6 Å². The van der Waals surface area contributed by atoms with Crippen LogP contribution in [0.3, 0.4) is 0 Å². The van der Waals surface area contributed by atoms with Gasteiger partial charge in [0.2, 0.25) is 5.91 Å². The highest BCUT2D eigenvalue weighted by molar-refractivity contribution is 5.72. The number of nitroso groups, excluding NO2 is 1. The van der Waals surface area contributed by atoms with Gasteiger partial charge in [-0.05, 0) is 5.56 Å². The van der Waals surface area contributed by atoms with Gasteiger partial charge in [-0.25, -0.2) is 0 Å². The zero-order valence-corrected chi connectivity index (χ0v) is 8.49. The van der Waals surface area contributed by atoms with Crippen molar-refractivity contribution in [1.82, 2.24) is 5.01 Å². The Morgan fingerprint density at radius 1 is 1.44 bits per heavy atom. The topological polar surface area (TPSA) is 92.9 Å². The Bertz CT molecular complexity index is 415. The first kappa shape index (κ1) is 11.8. The molecule has 0 fully saturated rings. The van der Waals surface area contributed by atoms with Gasteiger partial charge >= 0.3 is 0 Å². The summed E-state index contributed by atoms with van der Waals surface area (Å²) in [7, 11) is 0. The Balaban J connectivity index is 2.78. The summed E-state index contributed by atoms with van der Waals surface area (Å²) in [5, 5.41) is 13.6. The second kappa shape index (κ2) is 4.96. The van der Waals surface area contributed by atoms with Gasteiger partial charge in [-0.1, -0.05) is 12.1 Å². The number of hydrogen-bond donors (Lipinski definition) is 0. The molecular weight excluding hydrogens is 214 g/mol. The summed E-state index contributed by atoms with van der Waals surface area (Å²) in [5.41, 5.74) is 0.553. The quantitative estimate of drug-likeness (QED) is 0.440. The summed E-state index contributed by atoms with van der Waals surface area (Å²) in [5.74, 6) is -0.478. The summed E-state index contributed by atoms with van der Waals surface area (Å²) in [4.78, 5) is 31.0. The van der Waals surface area contributed by atoms with Crippen LogP contribution in [-0.4, -0.2) is 15.8 Å². The Morgan fingerprint density at radius 3 is 2.38 bits per heavy atom. The molecule has 0 N–H and O–H groups in total. The van der Waals surface area contributed by atoms with Gasteiger partial charge in [0.05, 0.1) is 16.8 Å². The molecule has 84 valence electrons. The van der Waals surface area contributed by atoms with Gasteiger partial charge in [0, 0.05) is 19.1 Å². The van der Waals surface area contributed by atoms with Crippen molar-refractivity contribution in [1.29, 1.82) is 0 Å². The third kappa shape index (κ3) is 2.84. The van der Waals surface area contributed by atoms with Gasteiger partial charge in [-0.3, -0.25) is 14.9 Å². The summed E-state index contributed by atoms with van der Waals surface area (Å²) < 4.78 is 0. The van der Waals surface area contributed by atoms with E-state index in [-0.39, 0.29) is 12.2 Å². The number of nitro benzene ring substituents is 1. The predicted octanol–water partition coefficient (Wildman–Crippen LogP) is 1.62. The van der Waals surface area contributed by atoms with Crippen molar-refractivity contribution in [2.45, 2.75) is 13.5 Å². The zero-order chi connectivity index (χ0) is 12.1. The average Bonchev–Trinajstić information content (AvgIpc) is 2.26. The number of carbonyl (C=O) groups excluding carboxylic acids is 1. The number of nitrogens with zero attached hydrogens (tertiary/aromatic N) is 3. The van der Waals surface area contributed by atoms with Crippen LogP contribution in [0.1, 0.15) is 12.5 Å². The van der Waals surface area contributed by atoms with Crippen LogP contribution in [-0.2, 0) is 11.3 Å². The molecule has 7 heteroatoms. The highest BCUT2D eigenvalue weighted by Crippen LogP contribution is 2.13. The number of benzene rings is 1. The maximum absolute atomic E-state index is 10.9. The first-order valence-corrected chi connectivity index (χ1v) is 4.39. The van der Waals surface area contributed by atoms with Crippen LogP contribution >= 0.6 is 0 Å². The number of nitro groups is 1. The SMILES string of the molecule is CC(=O)N(Cc1ccc([N+](=O)[O-])cc1)N=O. The van der Waals surface area contributed by atoms with Crippen LogP contribution in [0.4, 0.5) is 5.69 Å². The molecule has 0 heterocycles. The van der Waals surface area contributed by atoms with Crippen molar-refractivity contribution >= 4 is 11.6 Å². The van der Waals surface area contributed by atoms with Crippen LogP contribution in [0.25, 0.3) is 0 Å². The van der Waals surface area contributed by atoms with Gasteiger partial charge in [-0.15, -0.1) is 4.91 Å². The van der Waals surface area contributed by atoms with E-state index < -0.39 is 10.8 Å². The monoisotopic (exact) mass is 223 g/mol.